The van der Waals surface area contributed by atoms with Crippen LogP contribution >= 0.6 is 15.9 Å². The van der Waals surface area contributed by atoms with Gasteiger partial charge in [0.25, 0.3) is 0 Å². The van der Waals surface area contributed by atoms with Crippen molar-refractivity contribution in [3.8, 4) is 0 Å². The summed E-state index contributed by atoms with van der Waals surface area (Å²) >= 11 is 3.10. The molecule has 2 aromatic carbocycles. The highest BCUT2D eigenvalue weighted by Crippen LogP contribution is 2.33. The van der Waals surface area contributed by atoms with Gasteiger partial charge in [0.05, 0.1) is 10.9 Å². The van der Waals surface area contributed by atoms with Crippen LogP contribution in [-0.2, 0) is 4.79 Å². The monoisotopic (exact) mass is 368 g/mol. The minimum atomic E-state index is -0.389. The summed E-state index contributed by atoms with van der Waals surface area (Å²) in [6.45, 7) is 1.94. The van der Waals surface area contributed by atoms with Crippen molar-refractivity contribution in [3.63, 3.8) is 0 Å². The Morgan fingerprint density at radius 2 is 1.48 bits per heavy atom. The van der Waals surface area contributed by atoms with Gasteiger partial charge in [-0.1, -0.05) is 70.0 Å². The van der Waals surface area contributed by atoms with Gasteiger partial charge in [-0.05, 0) is 12.5 Å². The predicted molar refractivity (Wildman–Crippen MR) is 92.0 cm³/mol. The maximum absolute atomic E-state index is 12.9. The maximum Gasteiger partial charge on any atom is 0.198 e. The normalized spacial score (nSPS) is 14.0. The van der Waals surface area contributed by atoms with Gasteiger partial charge in [0.1, 0.15) is 0 Å². The van der Waals surface area contributed by atoms with Crippen LogP contribution in [0.3, 0.4) is 0 Å². The molecule has 0 saturated carbocycles. The molecule has 1 aliphatic carbocycles. The first kappa shape index (κ1) is 15.6. The number of carbonyl (C=O) groups excluding carboxylic acids is 3. The number of alkyl halides is 1. The van der Waals surface area contributed by atoms with Crippen LogP contribution in [0.1, 0.15) is 31.8 Å². The number of Topliss-reactive ketones (excluding diaryl/α,β-unsaturated/α-hetero) is 3. The molecule has 0 atom stereocenters. The Kier molecular flexibility index (Phi) is 4.09. The number of fused-ring (bicyclic) bond motifs is 1. The molecule has 0 amide bonds. The van der Waals surface area contributed by atoms with E-state index in [1.807, 2.05) is 19.1 Å². The Labute approximate surface area is 142 Å². The molecule has 0 spiro atoms. The lowest BCUT2D eigenvalue weighted by atomic mass is 9.80. The second-order valence-electron chi connectivity index (χ2n) is 5.38. The molecule has 0 aromatic heterocycles. The van der Waals surface area contributed by atoms with Gasteiger partial charge >= 0.3 is 0 Å². The molecule has 3 rings (SSSR count). The third-order valence-electron chi connectivity index (χ3n) is 3.86. The molecule has 1 aliphatic rings. The quantitative estimate of drug-likeness (QED) is 0.611. The highest BCUT2D eigenvalue weighted by atomic mass is 79.9. The Morgan fingerprint density at radius 1 is 0.913 bits per heavy atom. The number of carbonyl (C=O) groups is 3. The van der Waals surface area contributed by atoms with E-state index in [4.69, 9.17) is 0 Å². The van der Waals surface area contributed by atoms with E-state index in [0.29, 0.717) is 11.1 Å². The van der Waals surface area contributed by atoms with Crippen LogP contribution in [0.25, 0.3) is 5.57 Å². The first-order valence-electron chi connectivity index (χ1n) is 7.13. The second kappa shape index (κ2) is 6.05. The molecular formula is C19H13BrO3. The lowest BCUT2D eigenvalue weighted by Crippen LogP contribution is -2.26. The standard InChI is InChI=1S/C19H13BrO3/c1-11-6-8-12(9-7-11)16-17(15(21)10-20)19(23)14-5-3-2-4-13(14)18(16)22/h2-9H,10H2,1H3. The largest absolute Gasteiger partial charge is 0.293 e. The maximum atomic E-state index is 12.9. The van der Waals surface area contributed by atoms with Crippen LogP contribution in [-0.4, -0.2) is 22.7 Å². The Hall–Kier alpha value is -2.33. The lowest BCUT2D eigenvalue weighted by Gasteiger charge is -2.20. The molecular weight excluding hydrogens is 356 g/mol. The smallest absolute Gasteiger partial charge is 0.198 e. The predicted octanol–water partition coefficient (Wildman–Crippen LogP) is 3.79. The van der Waals surface area contributed by atoms with Crippen molar-refractivity contribution >= 4 is 38.9 Å². The summed E-state index contributed by atoms with van der Waals surface area (Å²) in [5, 5.41) is -0.00111. The molecule has 0 unspecified atom stereocenters. The van der Waals surface area contributed by atoms with Gasteiger partial charge in [0.15, 0.2) is 17.3 Å². The fraction of sp³-hybridized carbons (Fsp3) is 0.105. The summed E-state index contributed by atoms with van der Waals surface area (Å²) in [4.78, 5) is 38.0. The third kappa shape index (κ3) is 2.59. The number of ketones is 3. The van der Waals surface area contributed by atoms with E-state index in [-0.39, 0.29) is 39.4 Å². The van der Waals surface area contributed by atoms with Crippen LogP contribution < -0.4 is 0 Å². The molecule has 2 aromatic rings. The zero-order chi connectivity index (χ0) is 16.6. The molecule has 4 heteroatoms. The van der Waals surface area contributed by atoms with E-state index in [1.54, 1.807) is 36.4 Å². The molecule has 23 heavy (non-hydrogen) atoms. The van der Waals surface area contributed by atoms with Gasteiger partial charge in [-0.15, -0.1) is 0 Å². The topological polar surface area (TPSA) is 51.2 Å². The number of benzene rings is 2. The van der Waals surface area contributed by atoms with Gasteiger partial charge < -0.3 is 0 Å². The van der Waals surface area contributed by atoms with Gasteiger partial charge in [-0.25, -0.2) is 0 Å². The number of allylic oxidation sites excluding steroid dienone is 2. The fourth-order valence-electron chi connectivity index (χ4n) is 2.70. The summed E-state index contributed by atoms with van der Waals surface area (Å²) < 4.78 is 0. The molecule has 0 aliphatic heterocycles. The zero-order valence-corrected chi connectivity index (χ0v) is 14.0. The van der Waals surface area contributed by atoms with Crippen molar-refractivity contribution in [1.29, 1.82) is 0 Å². The van der Waals surface area contributed by atoms with Crippen molar-refractivity contribution < 1.29 is 14.4 Å². The van der Waals surface area contributed by atoms with Gasteiger partial charge in [0.2, 0.25) is 0 Å². The molecule has 0 saturated heterocycles. The Morgan fingerprint density at radius 3 is 2.04 bits per heavy atom. The SMILES string of the molecule is Cc1ccc(C2=C(C(=O)CBr)C(=O)c3ccccc3C2=O)cc1. The van der Waals surface area contributed by atoms with Gasteiger partial charge in [0, 0.05) is 16.7 Å². The molecule has 0 N–H and O–H groups in total. The highest BCUT2D eigenvalue weighted by molar-refractivity contribution is 9.09. The van der Waals surface area contributed by atoms with Crippen molar-refractivity contribution in [3.05, 3.63) is 76.4 Å². The number of hydrogen-bond acceptors (Lipinski definition) is 3. The van der Waals surface area contributed by atoms with E-state index >= 15 is 0 Å². The molecule has 0 fully saturated rings. The third-order valence-corrected chi connectivity index (χ3v) is 4.37. The highest BCUT2D eigenvalue weighted by Gasteiger charge is 2.35. The lowest BCUT2D eigenvalue weighted by molar-refractivity contribution is -0.112. The van der Waals surface area contributed by atoms with Crippen molar-refractivity contribution in [2.75, 3.05) is 5.33 Å². The Bertz CT molecular complexity index is 860. The summed E-state index contributed by atoms with van der Waals surface area (Å²) in [6, 6.07) is 13.9. The van der Waals surface area contributed by atoms with Crippen LogP contribution in [0.4, 0.5) is 0 Å². The van der Waals surface area contributed by atoms with Crippen LogP contribution in [0, 0.1) is 6.92 Å². The molecule has 114 valence electrons. The van der Waals surface area contributed by atoms with Gasteiger partial charge in [-0.3, -0.25) is 14.4 Å². The molecule has 0 heterocycles. The van der Waals surface area contributed by atoms with E-state index < -0.39 is 0 Å². The van der Waals surface area contributed by atoms with E-state index in [9.17, 15) is 14.4 Å². The minimum absolute atomic E-state index is 0.00111. The van der Waals surface area contributed by atoms with Gasteiger partial charge in [-0.2, -0.15) is 0 Å². The van der Waals surface area contributed by atoms with Crippen LogP contribution in [0.2, 0.25) is 0 Å². The van der Waals surface area contributed by atoms with E-state index in [1.165, 1.54) is 0 Å². The minimum Gasteiger partial charge on any atom is -0.293 e. The molecule has 3 nitrogen and oxygen atoms in total. The second-order valence-corrected chi connectivity index (χ2v) is 5.94. The Balaban J connectivity index is 2.30. The fourth-order valence-corrected chi connectivity index (χ4v) is 2.98. The average Bonchev–Trinajstić information content (AvgIpc) is 2.58. The summed E-state index contributed by atoms with van der Waals surface area (Å²) in [5.41, 5.74) is 2.43. The summed E-state index contributed by atoms with van der Waals surface area (Å²) in [7, 11) is 0. The van der Waals surface area contributed by atoms with Crippen molar-refractivity contribution in [2.45, 2.75) is 6.92 Å². The van der Waals surface area contributed by atoms with Crippen molar-refractivity contribution in [2.24, 2.45) is 0 Å². The first-order valence-corrected chi connectivity index (χ1v) is 8.25. The molecule has 0 bridgehead atoms. The van der Waals surface area contributed by atoms with Crippen LogP contribution in [0.5, 0.6) is 0 Å². The average molecular weight is 369 g/mol. The number of hydrogen-bond donors (Lipinski definition) is 0. The van der Waals surface area contributed by atoms with E-state index in [2.05, 4.69) is 15.9 Å². The molecule has 0 radical (unpaired) electrons. The number of rotatable bonds is 3. The van der Waals surface area contributed by atoms with E-state index in [0.717, 1.165) is 5.56 Å². The first-order chi connectivity index (χ1) is 11.0. The van der Waals surface area contributed by atoms with Crippen molar-refractivity contribution in [1.82, 2.24) is 0 Å². The summed E-state index contributed by atoms with van der Waals surface area (Å²) in [5.74, 6) is -1.05. The zero-order valence-electron chi connectivity index (χ0n) is 12.4. The number of halogens is 1. The summed E-state index contributed by atoms with van der Waals surface area (Å²) in [6.07, 6.45) is 0. The van der Waals surface area contributed by atoms with Crippen LogP contribution in [0.15, 0.2) is 54.1 Å². The number of aryl methyl sites for hydroxylation is 1.